The number of hydrogen-bond donors (Lipinski definition) is 0. The SMILES string of the molecule is c1cc[n+](Cc2ccc(OC3CCCCC3)cc2)cc1. The van der Waals surface area contributed by atoms with Crippen LogP contribution in [0.1, 0.15) is 37.7 Å². The summed E-state index contributed by atoms with van der Waals surface area (Å²) in [6.07, 6.45) is 11.0. The molecule has 0 N–H and O–H groups in total. The molecule has 1 heterocycles. The van der Waals surface area contributed by atoms with Gasteiger partial charge in [0.2, 0.25) is 0 Å². The van der Waals surface area contributed by atoms with Crippen LogP contribution in [0.3, 0.4) is 0 Å². The highest BCUT2D eigenvalue weighted by atomic mass is 16.5. The van der Waals surface area contributed by atoms with Crippen LogP contribution in [0.2, 0.25) is 0 Å². The maximum atomic E-state index is 6.05. The molecule has 2 aromatic rings. The maximum Gasteiger partial charge on any atom is 0.173 e. The van der Waals surface area contributed by atoms with Gasteiger partial charge in [-0.25, -0.2) is 4.57 Å². The van der Waals surface area contributed by atoms with Crippen LogP contribution in [-0.4, -0.2) is 6.10 Å². The van der Waals surface area contributed by atoms with Crippen LogP contribution >= 0.6 is 0 Å². The van der Waals surface area contributed by atoms with Crippen LogP contribution in [0.5, 0.6) is 5.75 Å². The lowest BCUT2D eigenvalue weighted by atomic mass is 9.98. The monoisotopic (exact) mass is 268 g/mol. The predicted octanol–water partition coefficient (Wildman–Crippen LogP) is 3.73. The van der Waals surface area contributed by atoms with Gasteiger partial charge in [-0.1, -0.05) is 12.5 Å². The molecule has 3 rings (SSSR count). The van der Waals surface area contributed by atoms with Crippen molar-refractivity contribution >= 4 is 0 Å². The zero-order valence-electron chi connectivity index (χ0n) is 11.9. The van der Waals surface area contributed by atoms with E-state index in [0.29, 0.717) is 6.10 Å². The van der Waals surface area contributed by atoms with Gasteiger partial charge in [-0.3, -0.25) is 0 Å². The van der Waals surface area contributed by atoms with E-state index in [0.717, 1.165) is 12.3 Å². The lowest BCUT2D eigenvalue weighted by Gasteiger charge is -2.22. The van der Waals surface area contributed by atoms with Crippen molar-refractivity contribution in [3.8, 4) is 5.75 Å². The lowest BCUT2D eigenvalue weighted by Crippen LogP contribution is -2.32. The van der Waals surface area contributed by atoms with E-state index in [1.807, 2.05) is 6.07 Å². The first kappa shape index (κ1) is 13.2. The fraction of sp³-hybridized carbons (Fsp3) is 0.389. The predicted molar refractivity (Wildman–Crippen MR) is 79.7 cm³/mol. The van der Waals surface area contributed by atoms with E-state index in [-0.39, 0.29) is 0 Å². The molecule has 1 fully saturated rings. The minimum absolute atomic E-state index is 0.429. The van der Waals surface area contributed by atoms with Crippen LogP contribution in [0.4, 0.5) is 0 Å². The van der Waals surface area contributed by atoms with Crippen LogP contribution in [0.15, 0.2) is 54.9 Å². The van der Waals surface area contributed by atoms with Gasteiger partial charge in [0, 0.05) is 17.7 Å². The van der Waals surface area contributed by atoms with Crippen molar-refractivity contribution in [3.05, 3.63) is 60.4 Å². The highest BCUT2D eigenvalue weighted by molar-refractivity contribution is 5.27. The molecule has 2 nitrogen and oxygen atoms in total. The molecule has 20 heavy (non-hydrogen) atoms. The Morgan fingerprint density at radius 1 is 0.900 bits per heavy atom. The molecule has 0 radical (unpaired) electrons. The first-order valence-corrected chi connectivity index (χ1v) is 7.60. The van der Waals surface area contributed by atoms with Crippen LogP contribution in [0, 0.1) is 0 Å². The molecule has 1 aromatic heterocycles. The molecule has 0 unspecified atom stereocenters. The van der Waals surface area contributed by atoms with Crippen molar-refractivity contribution in [3.63, 3.8) is 0 Å². The van der Waals surface area contributed by atoms with E-state index in [4.69, 9.17) is 4.74 Å². The first-order valence-electron chi connectivity index (χ1n) is 7.60. The van der Waals surface area contributed by atoms with Gasteiger partial charge in [0.05, 0.1) is 6.10 Å². The summed E-state index contributed by atoms with van der Waals surface area (Å²) in [6.45, 7) is 0.907. The largest absolute Gasteiger partial charge is 0.490 e. The van der Waals surface area contributed by atoms with Crippen molar-refractivity contribution in [2.75, 3.05) is 0 Å². The topological polar surface area (TPSA) is 13.1 Å². The van der Waals surface area contributed by atoms with Gasteiger partial charge in [-0.15, -0.1) is 0 Å². The highest BCUT2D eigenvalue weighted by Crippen LogP contribution is 2.23. The summed E-state index contributed by atoms with van der Waals surface area (Å²) < 4.78 is 8.23. The standard InChI is InChI=1S/C18H22NO/c1-3-7-17(8-4-1)20-18-11-9-16(10-12-18)15-19-13-5-2-6-14-19/h2,5-6,9-14,17H,1,3-4,7-8,15H2/q+1. The van der Waals surface area contributed by atoms with Gasteiger partial charge in [0.15, 0.2) is 18.9 Å². The van der Waals surface area contributed by atoms with Gasteiger partial charge in [0.25, 0.3) is 0 Å². The fourth-order valence-corrected chi connectivity index (χ4v) is 2.80. The smallest absolute Gasteiger partial charge is 0.173 e. The molecule has 2 heteroatoms. The van der Waals surface area contributed by atoms with Crippen molar-refractivity contribution < 1.29 is 9.30 Å². The average Bonchev–Trinajstić information content (AvgIpc) is 2.51. The molecule has 104 valence electrons. The van der Waals surface area contributed by atoms with Gasteiger partial charge in [-0.2, -0.15) is 0 Å². The second-order valence-electron chi connectivity index (χ2n) is 5.57. The Hall–Kier alpha value is -1.83. The minimum Gasteiger partial charge on any atom is -0.490 e. The molecule has 1 aromatic carbocycles. The summed E-state index contributed by atoms with van der Waals surface area (Å²) in [7, 11) is 0. The number of aromatic nitrogens is 1. The summed E-state index contributed by atoms with van der Waals surface area (Å²) in [5.74, 6) is 1.01. The number of pyridine rings is 1. The van der Waals surface area contributed by atoms with E-state index in [1.54, 1.807) is 0 Å². The number of rotatable bonds is 4. The molecule has 1 aliphatic rings. The third-order valence-corrected chi connectivity index (χ3v) is 3.92. The van der Waals surface area contributed by atoms with E-state index in [2.05, 4.69) is 53.4 Å². The molecule has 0 atom stereocenters. The molecule has 0 bridgehead atoms. The van der Waals surface area contributed by atoms with Crippen molar-refractivity contribution in [1.29, 1.82) is 0 Å². The molecule has 0 amide bonds. The quantitative estimate of drug-likeness (QED) is 0.770. The summed E-state index contributed by atoms with van der Waals surface area (Å²) in [4.78, 5) is 0. The highest BCUT2D eigenvalue weighted by Gasteiger charge is 2.14. The normalized spacial score (nSPS) is 16.0. The van der Waals surface area contributed by atoms with Gasteiger partial charge >= 0.3 is 0 Å². The van der Waals surface area contributed by atoms with E-state index in [9.17, 15) is 0 Å². The Kier molecular flexibility index (Phi) is 4.32. The van der Waals surface area contributed by atoms with Crippen molar-refractivity contribution in [1.82, 2.24) is 0 Å². The van der Waals surface area contributed by atoms with Crippen molar-refractivity contribution in [2.45, 2.75) is 44.8 Å². The zero-order valence-corrected chi connectivity index (χ0v) is 11.9. The van der Waals surface area contributed by atoms with E-state index in [1.165, 1.54) is 37.7 Å². The van der Waals surface area contributed by atoms with Gasteiger partial charge in [0.1, 0.15) is 5.75 Å². The Morgan fingerprint density at radius 2 is 1.60 bits per heavy atom. The Balaban J connectivity index is 1.59. The molecule has 1 aliphatic carbocycles. The van der Waals surface area contributed by atoms with Crippen LogP contribution in [-0.2, 0) is 6.54 Å². The minimum atomic E-state index is 0.429. The Bertz CT molecular complexity index is 515. The van der Waals surface area contributed by atoms with Gasteiger partial charge in [-0.05, 0) is 49.9 Å². The third kappa shape index (κ3) is 3.60. The number of hydrogen-bond acceptors (Lipinski definition) is 1. The first-order chi connectivity index (χ1) is 9.90. The molecular weight excluding hydrogens is 246 g/mol. The maximum absolute atomic E-state index is 6.05. The number of benzene rings is 1. The van der Waals surface area contributed by atoms with E-state index < -0.39 is 0 Å². The summed E-state index contributed by atoms with van der Waals surface area (Å²) >= 11 is 0. The van der Waals surface area contributed by atoms with Gasteiger partial charge < -0.3 is 4.74 Å². The molecule has 0 spiro atoms. The zero-order chi connectivity index (χ0) is 13.6. The number of nitrogens with zero attached hydrogens (tertiary/aromatic N) is 1. The Labute approximate surface area is 121 Å². The summed E-state index contributed by atoms with van der Waals surface area (Å²) in [5, 5.41) is 0. The molecule has 0 aliphatic heterocycles. The lowest BCUT2D eigenvalue weighted by molar-refractivity contribution is -0.688. The van der Waals surface area contributed by atoms with Crippen molar-refractivity contribution in [2.24, 2.45) is 0 Å². The van der Waals surface area contributed by atoms with Crippen LogP contribution in [0.25, 0.3) is 0 Å². The van der Waals surface area contributed by atoms with Crippen LogP contribution < -0.4 is 9.30 Å². The third-order valence-electron chi connectivity index (χ3n) is 3.92. The molecular formula is C18H22NO+. The number of ether oxygens (including phenoxy) is 1. The second-order valence-corrected chi connectivity index (χ2v) is 5.57. The molecule has 0 saturated heterocycles. The fourth-order valence-electron chi connectivity index (χ4n) is 2.80. The van der Waals surface area contributed by atoms with E-state index >= 15 is 0 Å². The molecule has 1 saturated carbocycles. The Morgan fingerprint density at radius 3 is 2.30 bits per heavy atom. The summed E-state index contributed by atoms with van der Waals surface area (Å²) in [6, 6.07) is 14.7. The second kappa shape index (κ2) is 6.56. The summed E-state index contributed by atoms with van der Waals surface area (Å²) in [5.41, 5.74) is 1.30. The average molecular weight is 268 g/mol.